The molecule has 0 aromatic carbocycles. The molecule has 0 aromatic heterocycles. The highest BCUT2D eigenvalue weighted by molar-refractivity contribution is 5.74. The predicted molar refractivity (Wildman–Crippen MR) is 86.7 cm³/mol. The first kappa shape index (κ1) is 17.5. The van der Waals surface area contributed by atoms with E-state index in [1.54, 1.807) is 12.0 Å². The summed E-state index contributed by atoms with van der Waals surface area (Å²) in [4.78, 5) is 14.2. The van der Waals surface area contributed by atoms with Gasteiger partial charge in [0.2, 0.25) is 0 Å². The lowest BCUT2D eigenvalue weighted by Gasteiger charge is -2.59. The molecular formula is C17H32N2O3. The van der Waals surface area contributed by atoms with Crippen molar-refractivity contribution >= 4 is 6.03 Å². The van der Waals surface area contributed by atoms with E-state index in [1.807, 2.05) is 7.05 Å². The van der Waals surface area contributed by atoms with E-state index in [0.29, 0.717) is 11.8 Å². The van der Waals surface area contributed by atoms with Crippen LogP contribution in [0.5, 0.6) is 0 Å². The third kappa shape index (κ3) is 2.85. The highest BCUT2D eigenvalue weighted by Gasteiger charge is 2.59. The SMILES string of the molecule is CCC1(CC)[C@H](NC(=O)N(C)CC2CC(O)C2)[C@H](C)[C@@H]1OC. The molecule has 0 aliphatic heterocycles. The third-order valence-corrected chi connectivity index (χ3v) is 6.13. The Balaban J connectivity index is 1.92. The molecule has 2 N–H and O–H groups in total. The third-order valence-electron chi connectivity index (χ3n) is 6.13. The minimum Gasteiger partial charge on any atom is -0.393 e. The monoisotopic (exact) mass is 312 g/mol. The van der Waals surface area contributed by atoms with E-state index in [0.717, 1.165) is 32.2 Å². The van der Waals surface area contributed by atoms with Crippen molar-refractivity contribution in [3.05, 3.63) is 0 Å². The van der Waals surface area contributed by atoms with E-state index in [1.165, 1.54) is 0 Å². The highest BCUT2D eigenvalue weighted by Crippen LogP contribution is 2.52. The minimum atomic E-state index is -0.164. The highest BCUT2D eigenvalue weighted by atomic mass is 16.5. The summed E-state index contributed by atoms with van der Waals surface area (Å²) in [6.07, 6.45) is 3.71. The summed E-state index contributed by atoms with van der Waals surface area (Å²) in [5.74, 6) is 0.783. The van der Waals surface area contributed by atoms with Gasteiger partial charge in [-0.05, 0) is 31.6 Å². The van der Waals surface area contributed by atoms with E-state index in [2.05, 4.69) is 26.1 Å². The van der Waals surface area contributed by atoms with Crippen LogP contribution in [0, 0.1) is 17.3 Å². The van der Waals surface area contributed by atoms with Gasteiger partial charge < -0.3 is 20.1 Å². The lowest BCUT2D eigenvalue weighted by atomic mass is 9.53. The van der Waals surface area contributed by atoms with E-state index in [4.69, 9.17) is 4.74 Å². The van der Waals surface area contributed by atoms with Gasteiger partial charge in [-0.1, -0.05) is 20.8 Å². The molecule has 128 valence electrons. The van der Waals surface area contributed by atoms with E-state index in [-0.39, 0.29) is 29.7 Å². The van der Waals surface area contributed by atoms with Crippen molar-refractivity contribution in [2.45, 2.75) is 64.7 Å². The Labute approximate surface area is 134 Å². The Bertz CT molecular complexity index is 391. The average molecular weight is 312 g/mol. The number of aliphatic hydroxyl groups excluding tert-OH is 1. The van der Waals surface area contributed by atoms with Crippen LogP contribution in [0.25, 0.3) is 0 Å². The average Bonchev–Trinajstić information content (AvgIpc) is 2.47. The zero-order chi connectivity index (χ0) is 16.5. The molecule has 0 heterocycles. The van der Waals surface area contributed by atoms with Crippen LogP contribution in [-0.2, 0) is 4.74 Å². The topological polar surface area (TPSA) is 61.8 Å². The van der Waals surface area contributed by atoms with Gasteiger partial charge in [0.05, 0.1) is 12.2 Å². The van der Waals surface area contributed by atoms with Crippen molar-refractivity contribution in [1.82, 2.24) is 10.2 Å². The Morgan fingerprint density at radius 1 is 1.36 bits per heavy atom. The number of carbonyl (C=O) groups excluding carboxylic acids is 1. The molecule has 2 saturated carbocycles. The maximum absolute atomic E-state index is 12.5. The summed E-state index contributed by atoms with van der Waals surface area (Å²) in [5.41, 5.74) is 0.0529. The number of methoxy groups -OCH3 is 1. The summed E-state index contributed by atoms with van der Waals surface area (Å²) in [6, 6.07) is 0.174. The second-order valence-electron chi connectivity index (χ2n) is 7.25. The van der Waals surface area contributed by atoms with Crippen LogP contribution in [-0.4, -0.2) is 55.0 Å². The number of carbonyl (C=O) groups is 1. The maximum Gasteiger partial charge on any atom is 0.317 e. The van der Waals surface area contributed by atoms with Crippen LogP contribution in [0.3, 0.4) is 0 Å². The molecule has 0 spiro atoms. The molecule has 0 aromatic rings. The van der Waals surface area contributed by atoms with Crippen LogP contribution in [0.2, 0.25) is 0 Å². The molecule has 2 aliphatic rings. The zero-order valence-electron chi connectivity index (χ0n) is 14.6. The van der Waals surface area contributed by atoms with Crippen LogP contribution in [0.1, 0.15) is 46.5 Å². The number of amides is 2. The fourth-order valence-electron chi connectivity index (χ4n) is 4.66. The lowest BCUT2D eigenvalue weighted by Crippen LogP contribution is -2.70. The van der Waals surface area contributed by atoms with Crippen LogP contribution in [0.4, 0.5) is 4.79 Å². The molecule has 0 bridgehead atoms. The zero-order valence-corrected chi connectivity index (χ0v) is 14.6. The minimum absolute atomic E-state index is 0.000863. The lowest BCUT2D eigenvalue weighted by molar-refractivity contribution is -0.164. The first-order valence-corrected chi connectivity index (χ1v) is 8.62. The molecule has 0 radical (unpaired) electrons. The number of rotatable bonds is 6. The van der Waals surface area contributed by atoms with Gasteiger partial charge in [-0.2, -0.15) is 0 Å². The number of nitrogens with one attached hydrogen (secondary N) is 1. The number of ether oxygens (including phenoxy) is 1. The molecule has 2 amide bonds. The van der Waals surface area contributed by atoms with Gasteiger partial charge in [0.15, 0.2) is 0 Å². The molecule has 2 aliphatic carbocycles. The van der Waals surface area contributed by atoms with E-state index in [9.17, 15) is 9.90 Å². The summed E-state index contributed by atoms with van der Waals surface area (Å²) in [5, 5.41) is 12.6. The molecule has 3 atom stereocenters. The van der Waals surface area contributed by atoms with Crippen molar-refractivity contribution in [1.29, 1.82) is 0 Å². The maximum atomic E-state index is 12.5. The number of aliphatic hydroxyl groups is 1. The molecule has 2 fully saturated rings. The Morgan fingerprint density at radius 2 is 1.95 bits per heavy atom. The number of urea groups is 1. The van der Waals surface area contributed by atoms with Crippen molar-refractivity contribution in [3.8, 4) is 0 Å². The van der Waals surface area contributed by atoms with Gasteiger partial charge in [-0.25, -0.2) is 4.79 Å². The van der Waals surface area contributed by atoms with Crippen molar-refractivity contribution in [2.24, 2.45) is 17.3 Å². The van der Waals surface area contributed by atoms with Crippen molar-refractivity contribution in [2.75, 3.05) is 20.7 Å². The van der Waals surface area contributed by atoms with Gasteiger partial charge in [0.25, 0.3) is 0 Å². The quantitative estimate of drug-likeness (QED) is 0.790. The number of hydrogen-bond donors (Lipinski definition) is 2. The number of nitrogens with zero attached hydrogens (tertiary/aromatic N) is 1. The van der Waals surface area contributed by atoms with Gasteiger partial charge in [0.1, 0.15) is 0 Å². The molecule has 0 saturated heterocycles. The summed E-state index contributed by atoms with van der Waals surface area (Å²) >= 11 is 0. The van der Waals surface area contributed by atoms with Gasteiger partial charge in [-0.3, -0.25) is 0 Å². The van der Waals surface area contributed by atoms with Gasteiger partial charge in [-0.15, -0.1) is 0 Å². The van der Waals surface area contributed by atoms with Crippen LogP contribution >= 0.6 is 0 Å². The van der Waals surface area contributed by atoms with Crippen LogP contribution in [0.15, 0.2) is 0 Å². The van der Waals surface area contributed by atoms with Crippen LogP contribution < -0.4 is 5.32 Å². The second kappa shape index (κ2) is 6.75. The second-order valence-corrected chi connectivity index (χ2v) is 7.25. The smallest absolute Gasteiger partial charge is 0.317 e. The predicted octanol–water partition coefficient (Wildman–Crippen LogP) is 2.24. The first-order valence-electron chi connectivity index (χ1n) is 8.62. The first-order chi connectivity index (χ1) is 10.4. The molecule has 0 unspecified atom stereocenters. The Kier molecular flexibility index (Phi) is 5.38. The fraction of sp³-hybridized carbons (Fsp3) is 0.941. The van der Waals surface area contributed by atoms with Gasteiger partial charge >= 0.3 is 6.03 Å². The molecule has 22 heavy (non-hydrogen) atoms. The Hall–Kier alpha value is -0.810. The molecule has 2 rings (SSSR count). The normalized spacial score (nSPS) is 36.2. The summed E-state index contributed by atoms with van der Waals surface area (Å²) in [7, 11) is 3.62. The molecular weight excluding hydrogens is 280 g/mol. The Morgan fingerprint density at radius 3 is 2.41 bits per heavy atom. The standard InChI is InChI=1S/C17H32N2O3/c1-6-17(7-2)14(11(3)15(17)22-5)18-16(21)19(4)10-12-8-13(20)9-12/h11-15,20H,6-10H2,1-5H3,(H,18,21)/t11-,12?,13?,14+,15-/m0/s1. The van der Waals surface area contributed by atoms with Crippen molar-refractivity contribution in [3.63, 3.8) is 0 Å². The van der Waals surface area contributed by atoms with Crippen molar-refractivity contribution < 1.29 is 14.6 Å². The molecule has 5 nitrogen and oxygen atoms in total. The fourth-order valence-corrected chi connectivity index (χ4v) is 4.66. The van der Waals surface area contributed by atoms with E-state index < -0.39 is 0 Å². The number of hydrogen-bond acceptors (Lipinski definition) is 3. The summed E-state index contributed by atoms with van der Waals surface area (Å²) in [6.45, 7) is 7.24. The largest absolute Gasteiger partial charge is 0.393 e. The molecule has 5 heteroatoms. The summed E-state index contributed by atoms with van der Waals surface area (Å²) < 4.78 is 5.68. The van der Waals surface area contributed by atoms with Gasteiger partial charge in [0, 0.05) is 38.1 Å². The van der Waals surface area contributed by atoms with E-state index >= 15 is 0 Å².